The van der Waals surface area contributed by atoms with E-state index in [4.69, 9.17) is 4.42 Å². The van der Waals surface area contributed by atoms with Crippen molar-refractivity contribution in [3.05, 3.63) is 64.5 Å². The van der Waals surface area contributed by atoms with Gasteiger partial charge in [-0.3, -0.25) is 9.59 Å². The Morgan fingerprint density at radius 2 is 2.00 bits per heavy atom. The number of rotatable bonds is 4. The van der Waals surface area contributed by atoms with Gasteiger partial charge in [-0.05, 0) is 52.4 Å². The summed E-state index contributed by atoms with van der Waals surface area (Å²) in [6.07, 6.45) is 1.35. The highest BCUT2D eigenvalue weighted by atomic mass is 79.9. The van der Waals surface area contributed by atoms with Gasteiger partial charge in [0.25, 0.3) is 5.91 Å². The van der Waals surface area contributed by atoms with E-state index in [2.05, 4.69) is 15.9 Å². The van der Waals surface area contributed by atoms with Crippen LogP contribution in [0.3, 0.4) is 0 Å². The number of amides is 2. The SMILES string of the molecule is CN(Cc1ccc(Br)o1)C(=O)C1CCCN1C(=O)c1ccc2ccccc2c1O. The summed E-state index contributed by atoms with van der Waals surface area (Å²) in [6.45, 7) is 0.811. The lowest BCUT2D eigenvalue weighted by molar-refractivity contribution is -0.134. The van der Waals surface area contributed by atoms with Crippen LogP contribution in [0.4, 0.5) is 0 Å². The number of carbonyl (C=O) groups excluding carboxylic acids is 2. The normalized spacial score (nSPS) is 16.3. The molecule has 1 fully saturated rings. The van der Waals surface area contributed by atoms with Gasteiger partial charge < -0.3 is 19.3 Å². The lowest BCUT2D eigenvalue weighted by Crippen LogP contribution is -2.46. The Bertz CT molecular complexity index is 1080. The van der Waals surface area contributed by atoms with Crippen molar-refractivity contribution < 1.29 is 19.1 Å². The molecule has 1 atom stereocenters. The van der Waals surface area contributed by atoms with Gasteiger partial charge in [0.15, 0.2) is 4.67 Å². The number of carbonyl (C=O) groups is 2. The van der Waals surface area contributed by atoms with Crippen molar-refractivity contribution in [3.8, 4) is 5.75 Å². The van der Waals surface area contributed by atoms with Crippen LogP contribution in [0.15, 0.2) is 57.6 Å². The molecule has 0 radical (unpaired) electrons. The largest absolute Gasteiger partial charge is 0.506 e. The van der Waals surface area contributed by atoms with E-state index in [1.165, 1.54) is 0 Å². The summed E-state index contributed by atoms with van der Waals surface area (Å²) >= 11 is 3.26. The molecule has 7 heteroatoms. The van der Waals surface area contributed by atoms with Crippen molar-refractivity contribution >= 4 is 38.5 Å². The lowest BCUT2D eigenvalue weighted by atomic mass is 10.0. The van der Waals surface area contributed by atoms with E-state index < -0.39 is 6.04 Å². The number of halogens is 1. The molecule has 0 bridgehead atoms. The second kappa shape index (κ2) is 7.91. The van der Waals surface area contributed by atoms with Crippen LogP contribution in [0.1, 0.15) is 29.0 Å². The van der Waals surface area contributed by atoms with Crippen molar-refractivity contribution in [2.75, 3.05) is 13.6 Å². The molecule has 2 amide bonds. The zero-order valence-electron chi connectivity index (χ0n) is 16.0. The monoisotopic (exact) mass is 456 g/mol. The molecule has 1 aromatic heterocycles. The molecular weight excluding hydrogens is 436 g/mol. The minimum Gasteiger partial charge on any atom is -0.506 e. The summed E-state index contributed by atoms with van der Waals surface area (Å²) in [5, 5.41) is 12.1. The zero-order valence-corrected chi connectivity index (χ0v) is 17.6. The maximum absolute atomic E-state index is 13.2. The van der Waals surface area contributed by atoms with Gasteiger partial charge in [0.2, 0.25) is 5.91 Å². The maximum atomic E-state index is 13.2. The first-order chi connectivity index (χ1) is 14.0. The van der Waals surface area contributed by atoms with Crippen molar-refractivity contribution in [3.63, 3.8) is 0 Å². The van der Waals surface area contributed by atoms with Crippen molar-refractivity contribution in [2.45, 2.75) is 25.4 Å². The van der Waals surface area contributed by atoms with E-state index in [9.17, 15) is 14.7 Å². The molecule has 150 valence electrons. The number of likely N-dealkylation sites (N-methyl/N-ethyl adjacent to an activating group) is 1. The third-order valence-corrected chi connectivity index (χ3v) is 5.75. The highest BCUT2D eigenvalue weighted by Crippen LogP contribution is 2.31. The predicted molar refractivity (Wildman–Crippen MR) is 113 cm³/mol. The summed E-state index contributed by atoms with van der Waals surface area (Å²) < 4.78 is 6.09. The fourth-order valence-electron chi connectivity index (χ4n) is 3.85. The van der Waals surface area contributed by atoms with Crippen LogP contribution < -0.4 is 0 Å². The topological polar surface area (TPSA) is 74.0 Å². The highest BCUT2D eigenvalue weighted by molar-refractivity contribution is 9.10. The summed E-state index contributed by atoms with van der Waals surface area (Å²) in [7, 11) is 1.70. The molecule has 3 aromatic rings. The lowest BCUT2D eigenvalue weighted by Gasteiger charge is -2.28. The molecule has 4 rings (SSSR count). The van der Waals surface area contributed by atoms with Gasteiger partial charge in [-0.2, -0.15) is 0 Å². The molecule has 0 saturated carbocycles. The van der Waals surface area contributed by atoms with Gasteiger partial charge in [-0.15, -0.1) is 0 Å². The predicted octanol–water partition coefficient (Wildman–Crippen LogP) is 4.16. The zero-order chi connectivity index (χ0) is 20.5. The quantitative estimate of drug-likeness (QED) is 0.639. The van der Waals surface area contributed by atoms with Crippen LogP contribution in [0.2, 0.25) is 0 Å². The minimum atomic E-state index is -0.545. The Kier molecular flexibility index (Phi) is 5.32. The summed E-state index contributed by atoms with van der Waals surface area (Å²) in [5.74, 6) is 0.164. The molecule has 1 aliphatic heterocycles. The van der Waals surface area contributed by atoms with E-state index in [-0.39, 0.29) is 23.1 Å². The van der Waals surface area contributed by atoms with Crippen LogP contribution in [-0.2, 0) is 11.3 Å². The number of hydrogen-bond donors (Lipinski definition) is 1. The van der Waals surface area contributed by atoms with E-state index >= 15 is 0 Å². The number of benzene rings is 2. The number of furan rings is 1. The van der Waals surface area contributed by atoms with Crippen LogP contribution in [-0.4, -0.2) is 46.4 Å². The second-order valence-electron chi connectivity index (χ2n) is 7.24. The van der Waals surface area contributed by atoms with Crippen LogP contribution >= 0.6 is 15.9 Å². The summed E-state index contributed by atoms with van der Waals surface area (Å²) in [4.78, 5) is 29.3. The molecule has 2 aromatic carbocycles. The Labute approximate surface area is 176 Å². The first kappa shape index (κ1) is 19.5. The maximum Gasteiger partial charge on any atom is 0.258 e. The fourth-order valence-corrected chi connectivity index (χ4v) is 4.19. The second-order valence-corrected chi connectivity index (χ2v) is 8.02. The molecule has 1 aliphatic rings. The van der Waals surface area contributed by atoms with Gasteiger partial charge in [-0.1, -0.05) is 30.3 Å². The van der Waals surface area contributed by atoms with Gasteiger partial charge in [0, 0.05) is 19.0 Å². The van der Waals surface area contributed by atoms with E-state index in [0.29, 0.717) is 35.3 Å². The van der Waals surface area contributed by atoms with E-state index in [1.807, 2.05) is 24.3 Å². The van der Waals surface area contributed by atoms with Crippen molar-refractivity contribution in [2.24, 2.45) is 0 Å². The average molecular weight is 457 g/mol. The molecule has 29 heavy (non-hydrogen) atoms. The first-order valence-electron chi connectivity index (χ1n) is 9.46. The molecule has 0 spiro atoms. The summed E-state index contributed by atoms with van der Waals surface area (Å²) in [5.41, 5.74) is 0.223. The number of phenolic OH excluding ortho intramolecular Hbond substituents is 1. The van der Waals surface area contributed by atoms with Crippen LogP contribution in [0.5, 0.6) is 5.75 Å². The Balaban J connectivity index is 1.55. The van der Waals surface area contributed by atoms with Gasteiger partial charge in [0.05, 0.1) is 12.1 Å². The highest BCUT2D eigenvalue weighted by Gasteiger charge is 2.37. The third-order valence-electron chi connectivity index (χ3n) is 5.33. The van der Waals surface area contributed by atoms with Crippen LogP contribution in [0.25, 0.3) is 10.8 Å². The first-order valence-corrected chi connectivity index (χ1v) is 10.3. The fraction of sp³-hybridized carbons (Fsp3) is 0.273. The van der Waals surface area contributed by atoms with Crippen molar-refractivity contribution in [1.29, 1.82) is 0 Å². The van der Waals surface area contributed by atoms with E-state index in [0.717, 1.165) is 11.8 Å². The Morgan fingerprint density at radius 1 is 1.21 bits per heavy atom. The number of phenols is 1. The molecule has 1 N–H and O–H groups in total. The van der Waals surface area contributed by atoms with Crippen molar-refractivity contribution in [1.82, 2.24) is 9.80 Å². The third kappa shape index (κ3) is 3.74. The molecule has 2 heterocycles. The summed E-state index contributed by atoms with van der Waals surface area (Å²) in [6, 6.07) is 13.8. The molecular formula is C22H21BrN2O4. The van der Waals surface area contributed by atoms with Gasteiger partial charge in [-0.25, -0.2) is 0 Å². The molecule has 6 nitrogen and oxygen atoms in total. The Hall–Kier alpha value is -2.80. The van der Waals surface area contributed by atoms with E-state index in [1.54, 1.807) is 41.1 Å². The Morgan fingerprint density at radius 3 is 2.76 bits per heavy atom. The van der Waals surface area contributed by atoms with Gasteiger partial charge >= 0.3 is 0 Å². The van der Waals surface area contributed by atoms with Gasteiger partial charge in [0.1, 0.15) is 17.6 Å². The number of likely N-dealkylation sites (tertiary alicyclic amines) is 1. The smallest absolute Gasteiger partial charge is 0.258 e. The standard InChI is InChI=1S/C22H21BrN2O4/c1-24(13-15-9-11-19(23)29-15)22(28)18-7-4-12-25(18)21(27)17-10-8-14-5-2-3-6-16(14)20(17)26/h2-3,5-6,8-11,18,26H,4,7,12-13H2,1H3. The molecule has 1 saturated heterocycles. The molecule has 1 unspecified atom stereocenters. The number of aromatic hydroxyl groups is 1. The number of hydrogen-bond acceptors (Lipinski definition) is 4. The average Bonchev–Trinajstić information content (AvgIpc) is 3.36. The minimum absolute atomic E-state index is 0.0417. The number of nitrogens with zero attached hydrogens (tertiary/aromatic N) is 2. The number of fused-ring (bicyclic) bond motifs is 1. The molecule has 0 aliphatic carbocycles. The van der Waals surface area contributed by atoms with Crippen LogP contribution in [0, 0.1) is 0 Å².